The van der Waals surface area contributed by atoms with Crippen molar-refractivity contribution in [2.75, 3.05) is 13.1 Å². The van der Waals surface area contributed by atoms with Crippen molar-refractivity contribution in [2.24, 2.45) is 0 Å². The number of hydrogen-bond acceptors (Lipinski definition) is 3. The summed E-state index contributed by atoms with van der Waals surface area (Å²) in [6.07, 6.45) is -0.399. The first-order chi connectivity index (χ1) is 14.0. The van der Waals surface area contributed by atoms with Crippen LogP contribution in [-0.4, -0.2) is 33.9 Å². The van der Waals surface area contributed by atoms with Crippen molar-refractivity contribution >= 4 is 39.4 Å². The Hall–Kier alpha value is -3.05. The fourth-order valence-corrected chi connectivity index (χ4v) is 3.61. The van der Waals surface area contributed by atoms with Crippen LogP contribution in [0.1, 0.15) is 19.4 Å². The SMILES string of the molecule is CCN(CC)C(=O)Oc1c2c(ccc3ccccc32)nn1-c1ccc(C)c(Cl)c1. The number of aryl methyl sites for hydroxylation is 1. The molecule has 148 valence electrons. The molecule has 0 radical (unpaired) electrons. The molecule has 0 saturated heterocycles. The number of aromatic nitrogens is 2. The van der Waals surface area contributed by atoms with E-state index < -0.39 is 6.09 Å². The zero-order valence-electron chi connectivity index (χ0n) is 16.6. The maximum absolute atomic E-state index is 12.8. The molecule has 0 bridgehead atoms. The maximum Gasteiger partial charge on any atom is 0.416 e. The summed E-state index contributed by atoms with van der Waals surface area (Å²) in [6, 6.07) is 17.6. The topological polar surface area (TPSA) is 47.4 Å². The van der Waals surface area contributed by atoms with Gasteiger partial charge in [-0.1, -0.05) is 48.0 Å². The van der Waals surface area contributed by atoms with E-state index in [1.807, 2.05) is 75.4 Å². The van der Waals surface area contributed by atoms with Crippen molar-refractivity contribution in [1.29, 1.82) is 0 Å². The summed E-state index contributed by atoms with van der Waals surface area (Å²) in [7, 11) is 0. The van der Waals surface area contributed by atoms with E-state index in [0.29, 0.717) is 24.0 Å². The number of carbonyl (C=O) groups excluding carboxylic acids is 1. The Morgan fingerprint density at radius 1 is 1.10 bits per heavy atom. The summed E-state index contributed by atoms with van der Waals surface area (Å²) < 4.78 is 7.58. The largest absolute Gasteiger partial charge is 0.416 e. The number of benzene rings is 3. The van der Waals surface area contributed by atoms with Crippen molar-refractivity contribution in [3.05, 3.63) is 65.2 Å². The third-order valence-corrected chi connectivity index (χ3v) is 5.53. The number of carbonyl (C=O) groups is 1. The third-order valence-electron chi connectivity index (χ3n) is 5.13. The van der Waals surface area contributed by atoms with Crippen molar-refractivity contribution in [1.82, 2.24) is 14.7 Å². The fraction of sp³-hybridized carbons (Fsp3) is 0.217. The molecule has 1 aromatic heterocycles. The lowest BCUT2D eigenvalue weighted by atomic mass is 10.1. The van der Waals surface area contributed by atoms with Gasteiger partial charge in [0.25, 0.3) is 0 Å². The van der Waals surface area contributed by atoms with Gasteiger partial charge >= 0.3 is 6.09 Å². The van der Waals surface area contributed by atoms with Gasteiger partial charge in [-0.15, -0.1) is 0 Å². The van der Waals surface area contributed by atoms with Crippen molar-refractivity contribution in [2.45, 2.75) is 20.8 Å². The average molecular weight is 408 g/mol. The van der Waals surface area contributed by atoms with Gasteiger partial charge < -0.3 is 9.64 Å². The minimum atomic E-state index is -0.399. The first-order valence-electron chi connectivity index (χ1n) is 9.67. The van der Waals surface area contributed by atoms with E-state index in [9.17, 15) is 4.79 Å². The third kappa shape index (κ3) is 3.42. The number of hydrogen-bond donors (Lipinski definition) is 0. The molecule has 0 fully saturated rings. The Morgan fingerprint density at radius 2 is 1.86 bits per heavy atom. The fourth-order valence-electron chi connectivity index (χ4n) is 3.44. The average Bonchev–Trinajstić information content (AvgIpc) is 3.10. The summed E-state index contributed by atoms with van der Waals surface area (Å²) in [5.41, 5.74) is 2.46. The maximum atomic E-state index is 12.8. The molecule has 1 amide bonds. The number of amides is 1. The van der Waals surface area contributed by atoms with Gasteiger partial charge in [-0.3, -0.25) is 0 Å². The van der Waals surface area contributed by atoms with Crippen LogP contribution < -0.4 is 4.74 Å². The number of nitrogens with zero attached hydrogens (tertiary/aromatic N) is 3. The Kier molecular flexibility index (Phi) is 5.16. The summed E-state index contributed by atoms with van der Waals surface area (Å²) >= 11 is 6.35. The summed E-state index contributed by atoms with van der Waals surface area (Å²) in [5, 5.41) is 8.21. The first-order valence-corrected chi connectivity index (χ1v) is 10.0. The Labute approximate surface area is 174 Å². The van der Waals surface area contributed by atoms with E-state index >= 15 is 0 Å². The zero-order valence-corrected chi connectivity index (χ0v) is 17.4. The van der Waals surface area contributed by atoms with Gasteiger partial charge in [-0.2, -0.15) is 9.78 Å². The molecule has 4 rings (SSSR count). The van der Waals surface area contributed by atoms with Gasteiger partial charge in [0.1, 0.15) is 0 Å². The second kappa shape index (κ2) is 7.76. The Balaban J connectivity index is 1.98. The highest BCUT2D eigenvalue weighted by atomic mass is 35.5. The van der Waals surface area contributed by atoms with Gasteiger partial charge in [-0.05, 0) is 55.3 Å². The van der Waals surface area contributed by atoms with E-state index in [1.54, 1.807) is 9.58 Å². The van der Waals surface area contributed by atoms with Crippen molar-refractivity contribution in [3.63, 3.8) is 0 Å². The van der Waals surface area contributed by atoms with Gasteiger partial charge in [0.05, 0.1) is 16.6 Å². The van der Waals surface area contributed by atoms with E-state index in [4.69, 9.17) is 21.4 Å². The quantitative estimate of drug-likeness (QED) is 0.418. The van der Waals surface area contributed by atoms with Gasteiger partial charge in [0.2, 0.25) is 5.88 Å². The molecule has 29 heavy (non-hydrogen) atoms. The van der Waals surface area contributed by atoms with Gasteiger partial charge in [0, 0.05) is 18.1 Å². The zero-order chi connectivity index (χ0) is 20.5. The molecule has 4 aromatic rings. The van der Waals surface area contributed by atoms with Crippen molar-refractivity contribution in [3.8, 4) is 11.6 Å². The van der Waals surface area contributed by atoms with E-state index in [1.165, 1.54) is 0 Å². The predicted octanol–water partition coefficient (Wildman–Crippen LogP) is 5.98. The minimum Gasteiger partial charge on any atom is -0.390 e. The van der Waals surface area contributed by atoms with Crippen LogP contribution in [-0.2, 0) is 0 Å². The first kappa shape index (κ1) is 19.3. The molecular formula is C23H22ClN3O2. The highest BCUT2D eigenvalue weighted by Gasteiger charge is 2.22. The highest BCUT2D eigenvalue weighted by molar-refractivity contribution is 6.31. The van der Waals surface area contributed by atoms with Crippen LogP contribution in [0.25, 0.3) is 27.4 Å². The minimum absolute atomic E-state index is 0.397. The normalized spacial score (nSPS) is 11.2. The van der Waals surface area contributed by atoms with Crippen LogP contribution >= 0.6 is 11.6 Å². The summed E-state index contributed by atoms with van der Waals surface area (Å²) in [4.78, 5) is 14.4. The molecular weight excluding hydrogens is 386 g/mol. The number of ether oxygens (including phenoxy) is 1. The van der Waals surface area contributed by atoms with E-state index in [2.05, 4.69) is 0 Å². The second-order valence-electron chi connectivity index (χ2n) is 6.87. The smallest absolute Gasteiger partial charge is 0.390 e. The monoisotopic (exact) mass is 407 g/mol. The molecule has 5 nitrogen and oxygen atoms in total. The van der Waals surface area contributed by atoms with Crippen LogP contribution in [0.5, 0.6) is 5.88 Å². The lowest BCUT2D eigenvalue weighted by Gasteiger charge is -2.18. The lowest BCUT2D eigenvalue weighted by molar-refractivity contribution is 0.155. The van der Waals surface area contributed by atoms with Crippen LogP contribution in [0.3, 0.4) is 0 Å². The molecule has 0 saturated carbocycles. The van der Waals surface area contributed by atoms with Gasteiger partial charge in [0.15, 0.2) is 0 Å². The Bertz CT molecular complexity index is 1210. The molecule has 0 aliphatic heterocycles. The molecule has 0 spiro atoms. The van der Waals surface area contributed by atoms with Gasteiger partial charge in [-0.25, -0.2) is 4.79 Å². The summed E-state index contributed by atoms with van der Waals surface area (Å²) in [6.45, 7) is 6.93. The molecule has 3 aromatic carbocycles. The van der Waals surface area contributed by atoms with Crippen LogP contribution in [0.4, 0.5) is 4.79 Å². The molecule has 0 N–H and O–H groups in total. The molecule has 6 heteroatoms. The number of halogens is 1. The molecule has 0 atom stereocenters. The van der Waals surface area contributed by atoms with Crippen molar-refractivity contribution < 1.29 is 9.53 Å². The highest BCUT2D eigenvalue weighted by Crippen LogP contribution is 2.35. The van der Waals surface area contributed by atoms with Crippen LogP contribution in [0, 0.1) is 6.92 Å². The Morgan fingerprint density at radius 3 is 2.59 bits per heavy atom. The lowest BCUT2D eigenvalue weighted by Crippen LogP contribution is -2.33. The van der Waals surface area contributed by atoms with E-state index in [0.717, 1.165) is 32.9 Å². The second-order valence-corrected chi connectivity index (χ2v) is 7.28. The molecule has 0 aliphatic rings. The number of rotatable bonds is 4. The van der Waals surface area contributed by atoms with E-state index in [-0.39, 0.29) is 0 Å². The molecule has 0 aliphatic carbocycles. The molecule has 1 heterocycles. The predicted molar refractivity (Wildman–Crippen MR) is 117 cm³/mol. The standard InChI is InChI=1S/C23H22ClN3O2/c1-4-26(5-2)23(28)29-22-21-18-9-7-6-8-16(18)11-13-20(21)25-27(22)17-12-10-15(3)19(24)14-17/h6-14H,4-5H2,1-3H3. The van der Waals surface area contributed by atoms with Crippen LogP contribution in [0.15, 0.2) is 54.6 Å². The molecule has 0 unspecified atom stereocenters. The van der Waals surface area contributed by atoms with Crippen LogP contribution in [0.2, 0.25) is 5.02 Å². The summed E-state index contributed by atoms with van der Waals surface area (Å²) in [5.74, 6) is 0.397. The number of fused-ring (bicyclic) bond motifs is 3.